The van der Waals surface area contributed by atoms with Crippen LogP contribution in [0.2, 0.25) is 0 Å². The van der Waals surface area contributed by atoms with E-state index in [-0.39, 0.29) is 18.0 Å². The molecule has 1 aromatic carbocycles. The number of carbonyl (C=O) groups is 1. The van der Waals surface area contributed by atoms with E-state index in [0.717, 1.165) is 0 Å². The number of benzene rings is 1. The fourth-order valence-electron chi connectivity index (χ4n) is 2.34. The van der Waals surface area contributed by atoms with E-state index < -0.39 is 0 Å². The van der Waals surface area contributed by atoms with Crippen LogP contribution < -0.4 is 10.6 Å². The molecule has 1 heterocycles. The van der Waals surface area contributed by atoms with Gasteiger partial charge in [-0.15, -0.1) is 0 Å². The van der Waals surface area contributed by atoms with Crippen molar-refractivity contribution in [2.45, 2.75) is 32.9 Å². The average Bonchev–Trinajstić information content (AvgIpc) is 2.30. The van der Waals surface area contributed by atoms with Crippen LogP contribution in [0.25, 0.3) is 0 Å². The lowest BCUT2D eigenvalue weighted by Gasteiger charge is -2.34. The molecular weight excluding hydrogens is 212 g/mol. The predicted molar refractivity (Wildman–Crippen MR) is 68.7 cm³/mol. The van der Waals surface area contributed by atoms with Gasteiger partial charge in [-0.05, 0) is 24.0 Å². The summed E-state index contributed by atoms with van der Waals surface area (Å²) in [6.45, 7) is 6.92. The van der Waals surface area contributed by atoms with Crippen molar-refractivity contribution in [2.75, 3.05) is 6.54 Å². The van der Waals surface area contributed by atoms with Crippen molar-refractivity contribution >= 4 is 5.91 Å². The molecule has 0 bridgehead atoms. The van der Waals surface area contributed by atoms with Crippen LogP contribution in [0, 0.1) is 12.8 Å². The molecule has 0 radical (unpaired) electrons. The average molecular weight is 232 g/mol. The summed E-state index contributed by atoms with van der Waals surface area (Å²) in [4.78, 5) is 11.7. The summed E-state index contributed by atoms with van der Waals surface area (Å²) >= 11 is 0. The van der Waals surface area contributed by atoms with Crippen molar-refractivity contribution < 1.29 is 4.79 Å². The first-order valence-electron chi connectivity index (χ1n) is 6.19. The molecule has 2 unspecified atom stereocenters. The first kappa shape index (κ1) is 12.1. The van der Waals surface area contributed by atoms with Gasteiger partial charge in [-0.1, -0.05) is 38.1 Å². The highest BCUT2D eigenvalue weighted by Gasteiger charge is 2.30. The van der Waals surface area contributed by atoms with Crippen LogP contribution in [-0.2, 0) is 4.79 Å². The van der Waals surface area contributed by atoms with Crippen molar-refractivity contribution in [1.29, 1.82) is 0 Å². The third-order valence-electron chi connectivity index (χ3n) is 3.37. The van der Waals surface area contributed by atoms with Crippen molar-refractivity contribution in [1.82, 2.24) is 10.6 Å². The highest BCUT2D eigenvalue weighted by atomic mass is 16.2. The molecule has 1 amide bonds. The van der Waals surface area contributed by atoms with E-state index in [1.807, 2.05) is 12.1 Å². The molecule has 1 aromatic rings. The van der Waals surface area contributed by atoms with Gasteiger partial charge in [-0.25, -0.2) is 0 Å². The Hall–Kier alpha value is -1.35. The van der Waals surface area contributed by atoms with E-state index in [1.165, 1.54) is 11.1 Å². The molecule has 17 heavy (non-hydrogen) atoms. The Labute approximate surface area is 103 Å². The summed E-state index contributed by atoms with van der Waals surface area (Å²) in [6, 6.07) is 8.46. The van der Waals surface area contributed by atoms with Crippen LogP contribution in [0.3, 0.4) is 0 Å². The molecule has 0 aromatic heterocycles. The highest BCUT2D eigenvalue weighted by Crippen LogP contribution is 2.21. The van der Waals surface area contributed by atoms with E-state index in [9.17, 15) is 4.79 Å². The number of amides is 1. The standard InChI is InChI=1S/C14H20N2O/c1-9(2)13-14(17)15-8-12(16-13)11-7-5-4-6-10(11)3/h4-7,9,12-13,16H,8H2,1-3H3,(H,15,17). The maximum absolute atomic E-state index is 11.7. The van der Waals surface area contributed by atoms with Crippen molar-refractivity contribution in [3.05, 3.63) is 35.4 Å². The predicted octanol–water partition coefficient (Wildman–Crippen LogP) is 1.78. The lowest BCUT2D eigenvalue weighted by Crippen LogP contribution is -2.56. The van der Waals surface area contributed by atoms with E-state index in [4.69, 9.17) is 0 Å². The minimum Gasteiger partial charge on any atom is -0.353 e. The molecule has 1 fully saturated rings. The van der Waals surface area contributed by atoms with E-state index >= 15 is 0 Å². The molecule has 92 valence electrons. The molecule has 1 aliphatic heterocycles. The van der Waals surface area contributed by atoms with Crippen molar-refractivity contribution in [2.24, 2.45) is 5.92 Å². The highest BCUT2D eigenvalue weighted by molar-refractivity contribution is 5.83. The number of hydrogen-bond acceptors (Lipinski definition) is 2. The minimum absolute atomic E-state index is 0.0895. The topological polar surface area (TPSA) is 41.1 Å². The quantitative estimate of drug-likeness (QED) is 0.816. The van der Waals surface area contributed by atoms with E-state index in [0.29, 0.717) is 12.5 Å². The summed E-state index contributed by atoms with van der Waals surface area (Å²) in [7, 11) is 0. The molecule has 1 saturated heterocycles. The Balaban J connectivity index is 2.19. The molecule has 2 rings (SSSR count). The molecule has 3 nitrogen and oxygen atoms in total. The Morgan fingerprint density at radius 2 is 2.00 bits per heavy atom. The van der Waals surface area contributed by atoms with Gasteiger partial charge in [0.1, 0.15) is 0 Å². The van der Waals surface area contributed by atoms with Gasteiger partial charge in [0, 0.05) is 6.54 Å². The van der Waals surface area contributed by atoms with Crippen molar-refractivity contribution in [3.8, 4) is 0 Å². The zero-order valence-electron chi connectivity index (χ0n) is 10.7. The van der Waals surface area contributed by atoms with Crippen LogP contribution in [-0.4, -0.2) is 18.5 Å². The van der Waals surface area contributed by atoms with Crippen LogP contribution >= 0.6 is 0 Å². The second-order valence-electron chi connectivity index (χ2n) is 5.04. The molecule has 0 aliphatic carbocycles. The number of carbonyl (C=O) groups excluding carboxylic acids is 1. The monoisotopic (exact) mass is 232 g/mol. The van der Waals surface area contributed by atoms with Crippen molar-refractivity contribution in [3.63, 3.8) is 0 Å². The normalized spacial score (nSPS) is 24.8. The molecular formula is C14H20N2O. The van der Waals surface area contributed by atoms with Gasteiger partial charge >= 0.3 is 0 Å². The third kappa shape index (κ3) is 2.50. The molecule has 2 atom stereocenters. The van der Waals surface area contributed by atoms with Crippen LogP contribution in [0.1, 0.15) is 31.0 Å². The lowest BCUT2D eigenvalue weighted by atomic mass is 9.94. The van der Waals surface area contributed by atoms with Crippen LogP contribution in [0.4, 0.5) is 0 Å². The summed E-state index contributed by atoms with van der Waals surface area (Å²) in [6.07, 6.45) is 0. The summed E-state index contributed by atoms with van der Waals surface area (Å²) < 4.78 is 0. The van der Waals surface area contributed by atoms with Gasteiger partial charge in [0.05, 0.1) is 12.1 Å². The molecule has 3 heteroatoms. The SMILES string of the molecule is Cc1ccccc1C1CNC(=O)C(C(C)C)N1. The Kier molecular flexibility index (Phi) is 3.48. The number of piperazine rings is 1. The summed E-state index contributed by atoms with van der Waals surface area (Å²) in [5, 5.41) is 6.44. The zero-order chi connectivity index (χ0) is 12.4. The number of hydrogen-bond donors (Lipinski definition) is 2. The Morgan fingerprint density at radius 1 is 1.29 bits per heavy atom. The van der Waals surface area contributed by atoms with E-state index in [1.54, 1.807) is 0 Å². The lowest BCUT2D eigenvalue weighted by molar-refractivity contribution is -0.126. The smallest absolute Gasteiger partial charge is 0.237 e. The summed E-state index contributed by atoms with van der Waals surface area (Å²) in [5.41, 5.74) is 2.54. The van der Waals surface area contributed by atoms with Gasteiger partial charge in [-0.3, -0.25) is 10.1 Å². The first-order valence-corrected chi connectivity index (χ1v) is 6.19. The maximum Gasteiger partial charge on any atom is 0.237 e. The van der Waals surface area contributed by atoms with Gasteiger partial charge < -0.3 is 5.32 Å². The summed E-state index contributed by atoms with van der Waals surface area (Å²) in [5.74, 6) is 0.423. The molecule has 2 N–H and O–H groups in total. The first-order chi connectivity index (χ1) is 8.09. The van der Waals surface area contributed by atoms with Gasteiger partial charge in [-0.2, -0.15) is 0 Å². The van der Waals surface area contributed by atoms with Crippen LogP contribution in [0.15, 0.2) is 24.3 Å². The third-order valence-corrected chi connectivity index (χ3v) is 3.37. The number of aryl methyl sites for hydroxylation is 1. The van der Waals surface area contributed by atoms with Gasteiger partial charge in [0.2, 0.25) is 5.91 Å². The molecule has 0 spiro atoms. The fourth-order valence-corrected chi connectivity index (χ4v) is 2.34. The maximum atomic E-state index is 11.7. The Bertz CT molecular complexity index is 414. The van der Waals surface area contributed by atoms with E-state index in [2.05, 4.69) is 43.5 Å². The minimum atomic E-state index is -0.0895. The van der Waals surface area contributed by atoms with Crippen LogP contribution in [0.5, 0.6) is 0 Å². The second-order valence-corrected chi connectivity index (χ2v) is 5.04. The number of rotatable bonds is 2. The van der Waals surface area contributed by atoms with Gasteiger partial charge in [0.15, 0.2) is 0 Å². The fraction of sp³-hybridized carbons (Fsp3) is 0.500. The largest absolute Gasteiger partial charge is 0.353 e. The molecule has 0 saturated carbocycles. The van der Waals surface area contributed by atoms with Gasteiger partial charge in [0.25, 0.3) is 0 Å². The number of nitrogens with one attached hydrogen (secondary N) is 2. The zero-order valence-corrected chi connectivity index (χ0v) is 10.7. The Morgan fingerprint density at radius 3 is 2.65 bits per heavy atom. The molecule has 1 aliphatic rings. The second kappa shape index (κ2) is 4.88.